The minimum Gasteiger partial charge on any atom is -0.344 e. The molecule has 0 atom stereocenters. The highest BCUT2D eigenvalue weighted by molar-refractivity contribution is 7.21. The van der Waals surface area contributed by atoms with Gasteiger partial charge in [0.25, 0.3) is 5.91 Å². The van der Waals surface area contributed by atoms with Gasteiger partial charge in [-0.3, -0.25) is 4.79 Å². The summed E-state index contributed by atoms with van der Waals surface area (Å²) in [7, 11) is 0. The monoisotopic (exact) mass is 332 g/mol. The number of rotatable bonds is 3. The maximum Gasteiger partial charge on any atom is 0.263 e. The van der Waals surface area contributed by atoms with E-state index in [1.165, 1.54) is 11.3 Å². The first-order valence-corrected chi connectivity index (χ1v) is 8.29. The first kappa shape index (κ1) is 13.7. The first-order chi connectivity index (χ1) is 10.7. The third kappa shape index (κ3) is 2.19. The van der Waals surface area contributed by atoms with Gasteiger partial charge in [0.05, 0.1) is 11.6 Å². The molecule has 0 saturated carbocycles. The molecule has 3 heterocycles. The molecule has 0 spiro atoms. The molecule has 0 saturated heterocycles. The Balaban J connectivity index is 1.55. The van der Waals surface area contributed by atoms with E-state index in [9.17, 15) is 4.79 Å². The summed E-state index contributed by atoms with van der Waals surface area (Å²) < 4.78 is 3.09. The highest BCUT2D eigenvalue weighted by Crippen LogP contribution is 2.35. The van der Waals surface area contributed by atoms with E-state index >= 15 is 0 Å². The van der Waals surface area contributed by atoms with Gasteiger partial charge in [-0.25, -0.2) is 0 Å². The lowest BCUT2D eigenvalue weighted by Gasteiger charge is -2.04. The van der Waals surface area contributed by atoms with Crippen molar-refractivity contribution in [2.45, 2.75) is 25.9 Å². The summed E-state index contributed by atoms with van der Waals surface area (Å²) in [6.45, 7) is 1.30. The van der Waals surface area contributed by atoms with E-state index in [0.29, 0.717) is 16.4 Å². The highest BCUT2D eigenvalue weighted by Gasteiger charge is 2.20. The molecule has 5 nitrogen and oxygen atoms in total. The molecule has 0 unspecified atom stereocenters. The smallest absolute Gasteiger partial charge is 0.263 e. The summed E-state index contributed by atoms with van der Waals surface area (Å²) >= 11 is 7.73. The number of hydrogen-bond donors (Lipinski definition) is 1. The topological polar surface area (TPSA) is 59.8 Å². The molecule has 0 aliphatic carbocycles. The number of aryl methyl sites for hydroxylation is 1. The van der Waals surface area contributed by atoms with Gasteiger partial charge in [0.1, 0.15) is 10.7 Å². The van der Waals surface area contributed by atoms with Crippen molar-refractivity contribution in [3.63, 3.8) is 0 Å². The van der Waals surface area contributed by atoms with Gasteiger partial charge in [0.15, 0.2) is 5.82 Å². The van der Waals surface area contributed by atoms with Gasteiger partial charge in [-0.05, 0) is 12.5 Å². The largest absolute Gasteiger partial charge is 0.344 e. The maximum absolute atomic E-state index is 12.4. The number of aromatic nitrogens is 3. The molecule has 0 radical (unpaired) electrons. The van der Waals surface area contributed by atoms with Crippen LogP contribution in [0.5, 0.6) is 0 Å². The van der Waals surface area contributed by atoms with Gasteiger partial charge < -0.3 is 9.88 Å². The van der Waals surface area contributed by atoms with Crippen molar-refractivity contribution in [3.05, 3.63) is 45.8 Å². The molecule has 1 amide bonds. The van der Waals surface area contributed by atoms with Crippen LogP contribution >= 0.6 is 22.9 Å². The summed E-state index contributed by atoms with van der Waals surface area (Å²) in [5.74, 6) is 1.64. The minimum absolute atomic E-state index is 0.165. The predicted molar refractivity (Wildman–Crippen MR) is 86.3 cm³/mol. The number of nitrogens with zero attached hydrogens (tertiary/aromatic N) is 3. The highest BCUT2D eigenvalue weighted by atomic mass is 35.5. The van der Waals surface area contributed by atoms with Crippen LogP contribution in [0.2, 0.25) is 5.02 Å². The number of halogens is 1. The van der Waals surface area contributed by atoms with E-state index < -0.39 is 0 Å². The lowest BCUT2D eigenvalue weighted by Crippen LogP contribution is -2.24. The fourth-order valence-electron chi connectivity index (χ4n) is 2.74. The molecular weight excluding hydrogens is 320 g/mol. The Hall–Kier alpha value is -1.92. The van der Waals surface area contributed by atoms with E-state index in [-0.39, 0.29) is 5.91 Å². The molecule has 112 valence electrons. The molecule has 1 aromatic carbocycles. The van der Waals surface area contributed by atoms with Gasteiger partial charge in [0, 0.05) is 23.1 Å². The van der Waals surface area contributed by atoms with Crippen molar-refractivity contribution in [1.82, 2.24) is 20.1 Å². The third-order valence-electron chi connectivity index (χ3n) is 3.83. The molecule has 1 aliphatic heterocycles. The number of nitrogens with one attached hydrogen (secondary N) is 1. The standard InChI is InChI=1S/C15H13ClN4OS/c16-13-9-4-1-2-5-10(9)22-14(13)15(21)17-8-12-19-18-11-6-3-7-20(11)12/h1-2,4-5H,3,6-8H2,(H,17,21). The van der Waals surface area contributed by atoms with Gasteiger partial charge in [-0.15, -0.1) is 21.5 Å². The molecule has 7 heteroatoms. The second-order valence-corrected chi connectivity index (χ2v) is 6.64. The molecule has 22 heavy (non-hydrogen) atoms. The maximum atomic E-state index is 12.4. The lowest BCUT2D eigenvalue weighted by molar-refractivity contribution is 0.0953. The molecule has 1 N–H and O–H groups in total. The zero-order chi connectivity index (χ0) is 15.1. The Morgan fingerprint density at radius 2 is 2.23 bits per heavy atom. The molecule has 1 aliphatic rings. The van der Waals surface area contributed by atoms with Crippen LogP contribution in [0, 0.1) is 0 Å². The second kappa shape index (κ2) is 5.37. The Kier molecular flexibility index (Phi) is 3.35. The van der Waals surface area contributed by atoms with E-state index in [1.807, 2.05) is 24.3 Å². The number of carbonyl (C=O) groups excluding carboxylic acids is 1. The third-order valence-corrected chi connectivity index (χ3v) is 5.51. The molecule has 3 aromatic rings. The summed E-state index contributed by atoms with van der Waals surface area (Å²) in [6.07, 6.45) is 2.05. The average molecular weight is 333 g/mol. The first-order valence-electron chi connectivity index (χ1n) is 7.10. The Morgan fingerprint density at radius 3 is 3.09 bits per heavy atom. The van der Waals surface area contributed by atoms with Crippen molar-refractivity contribution in [2.75, 3.05) is 0 Å². The van der Waals surface area contributed by atoms with E-state index in [2.05, 4.69) is 20.1 Å². The molecule has 2 aromatic heterocycles. The van der Waals surface area contributed by atoms with Crippen LogP contribution in [0.25, 0.3) is 10.1 Å². The molecular formula is C15H13ClN4OS. The van der Waals surface area contributed by atoms with Gasteiger partial charge in [0.2, 0.25) is 0 Å². The van der Waals surface area contributed by atoms with E-state index in [1.54, 1.807) is 0 Å². The van der Waals surface area contributed by atoms with E-state index in [0.717, 1.165) is 41.1 Å². The fraction of sp³-hybridized carbons (Fsp3) is 0.267. The Morgan fingerprint density at radius 1 is 1.36 bits per heavy atom. The Labute approximate surface area is 135 Å². The normalized spacial score (nSPS) is 13.5. The average Bonchev–Trinajstić information content (AvgIpc) is 3.20. The fourth-order valence-corrected chi connectivity index (χ4v) is 4.17. The van der Waals surface area contributed by atoms with Gasteiger partial charge in [-0.2, -0.15) is 0 Å². The van der Waals surface area contributed by atoms with Crippen LogP contribution in [0.4, 0.5) is 0 Å². The number of benzene rings is 1. The predicted octanol–water partition coefficient (Wildman–Crippen LogP) is 3.02. The van der Waals surface area contributed by atoms with Crippen LogP contribution in [0.3, 0.4) is 0 Å². The lowest BCUT2D eigenvalue weighted by atomic mass is 10.2. The van der Waals surface area contributed by atoms with Crippen LogP contribution in [0.1, 0.15) is 27.7 Å². The molecule has 4 rings (SSSR count). The molecule has 0 bridgehead atoms. The van der Waals surface area contributed by atoms with Crippen molar-refractivity contribution in [3.8, 4) is 0 Å². The van der Waals surface area contributed by atoms with Crippen LogP contribution in [-0.2, 0) is 19.5 Å². The number of amides is 1. The SMILES string of the molecule is O=C(NCc1nnc2n1CCC2)c1sc2ccccc2c1Cl. The van der Waals surface area contributed by atoms with Crippen LogP contribution < -0.4 is 5.32 Å². The van der Waals surface area contributed by atoms with E-state index in [4.69, 9.17) is 11.6 Å². The zero-order valence-electron chi connectivity index (χ0n) is 11.7. The van der Waals surface area contributed by atoms with Crippen molar-refractivity contribution in [2.24, 2.45) is 0 Å². The van der Waals surface area contributed by atoms with Crippen LogP contribution in [-0.4, -0.2) is 20.7 Å². The summed E-state index contributed by atoms with van der Waals surface area (Å²) in [4.78, 5) is 12.9. The van der Waals surface area contributed by atoms with Crippen molar-refractivity contribution >= 4 is 38.9 Å². The number of thiophene rings is 1. The minimum atomic E-state index is -0.165. The zero-order valence-corrected chi connectivity index (χ0v) is 13.2. The second-order valence-electron chi connectivity index (χ2n) is 5.21. The number of hydrogen-bond acceptors (Lipinski definition) is 4. The number of carbonyl (C=O) groups is 1. The van der Waals surface area contributed by atoms with Crippen LogP contribution in [0.15, 0.2) is 24.3 Å². The number of fused-ring (bicyclic) bond motifs is 2. The van der Waals surface area contributed by atoms with Crippen molar-refractivity contribution < 1.29 is 4.79 Å². The van der Waals surface area contributed by atoms with Gasteiger partial charge >= 0.3 is 0 Å². The van der Waals surface area contributed by atoms with Crippen molar-refractivity contribution in [1.29, 1.82) is 0 Å². The summed E-state index contributed by atoms with van der Waals surface area (Å²) in [6, 6.07) is 7.75. The Bertz CT molecular complexity index is 870. The summed E-state index contributed by atoms with van der Waals surface area (Å²) in [5, 5.41) is 12.6. The quantitative estimate of drug-likeness (QED) is 0.802. The van der Waals surface area contributed by atoms with Gasteiger partial charge in [-0.1, -0.05) is 29.8 Å². The summed E-state index contributed by atoms with van der Waals surface area (Å²) in [5.41, 5.74) is 0. The molecule has 0 fully saturated rings.